The maximum Gasteiger partial charge on any atom is 0.322 e. The van der Waals surface area contributed by atoms with E-state index in [2.05, 4.69) is 5.32 Å². The molecule has 21 heavy (non-hydrogen) atoms. The van der Waals surface area contributed by atoms with E-state index in [4.69, 9.17) is 5.73 Å². The maximum atomic E-state index is 12.3. The van der Waals surface area contributed by atoms with Crippen LogP contribution < -0.4 is 11.1 Å². The summed E-state index contributed by atoms with van der Waals surface area (Å²) in [6.45, 7) is 3.84. The molecule has 1 heterocycles. The van der Waals surface area contributed by atoms with Crippen LogP contribution in [0.3, 0.4) is 0 Å². The van der Waals surface area contributed by atoms with Gasteiger partial charge in [0.05, 0.1) is 11.5 Å². The van der Waals surface area contributed by atoms with E-state index in [0.717, 1.165) is 5.56 Å². The third kappa shape index (κ3) is 3.95. The second kappa shape index (κ2) is 6.03. The summed E-state index contributed by atoms with van der Waals surface area (Å²) in [6, 6.07) is 6.64. The molecule has 2 atom stereocenters. The largest absolute Gasteiger partial charge is 0.324 e. The molecule has 0 aliphatic carbocycles. The highest BCUT2D eigenvalue weighted by molar-refractivity contribution is 7.91. The van der Waals surface area contributed by atoms with E-state index >= 15 is 0 Å². The molecule has 1 aliphatic heterocycles. The van der Waals surface area contributed by atoms with Gasteiger partial charge in [0.2, 0.25) is 0 Å². The number of nitrogens with zero attached hydrogens (tertiary/aromatic N) is 1. The lowest BCUT2D eigenvalue weighted by Crippen LogP contribution is -2.51. The molecule has 1 saturated heterocycles. The van der Waals surface area contributed by atoms with E-state index in [1.165, 1.54) is 0 Å². The predicted octanol–water partition coefficient (Wildman–Crippen LogP) is 1.36. The summed E-state index contributed by atoms with van der Waals surface area (Å²) >= 11 is 0. The van der Waals surface area contributed by atoms with Crippen molar-refractivity contribution in [3.63, 3.8) is 0 Å². The van der Waals surface area contributed by atoms with Crippen LogP contribution in [0.2, 0.25) is 0 Å². The number of carbonyl (C=O) groups excluding carboxylic acids is 1. The summed E-state index contributed by atoms with van der Waals surface area (Å²) in [5, 5.41) is 2.80. The lowest BCUT2D eigenvalue weighted by atomic mass is 10.1. The SMILES string of the molecule is CC(N)c1cccc(NC(=O)N2CCS(=O)(=O)CC2C)c1. The molecule has 6 nitrogen and oxygen atoms in total. The van der Waals surface area contributed by atoms with E-state index < -0.39 is 9.84 Å². The Morgan fingerprint density at radius 2 is 2.19 bits per heavy atom. The van der Waals surface area contributed by atoms with Gasteiger partial charge in [-0.05, 0) is 31.5 Å². The van der Waals surface area contributed by atoms with Crippen LogP contribution in [0, 0.1) is 0 Å². The van der Waals surface area contributed by atoms with Crippen molar-refractivity contribution in [2.75, 3.05) is 23.4 Å². The molecule has 0 saturated carbocycles. The molecule has 1 fully saturated rings. The molecule has 2 rings (SSSR count). The van der Waals surface area contributed by atoms with Gasteiger partial charge in [-0.2, -0.15) is 0 Å². The standard InChI is InChI=1S/C14H21N3O3S/c1-10-9-21(19,20)7-6-17(10)14(18)16-13-5-3-4-12(8-13)11(2)15/h3-5,8,10-11H,6-7,9,15H2,1-2H3,(H,16,18). The minimum Gasteiger partial charge on any atom is -0.324 e. The first-order chi connectivity index (χ1) is 9.78. The van der Waals surface area contributed by atoms with Crippen LogP contribution in [-0.4, -0.2) is 43.4 Å². The van der Waals surface area contributed by atoms with Gasteiger partial charge in [0, 0.05) is 24.3 Å². The summed E-state index contributed by atoms with van der Waals surface area (Å²) in [6.07, 6.45) is 0. The Kier molecular flexibility index (Phi) is 4.53. The number of urea groups is 1. The molecule has 0 spiro atoms. The van der Waals surface area contributed by atoms with Gasteiger partial charge < -0.3 is 16.0 Å². The third-order valence-electron chi connectivity index (χ3n) is 3.59. The van der Waals surface area contributed by atoms with Crippen molar-refractivity contribution in [1.29, 1.82) is 0 Å². The Balaban J connectivity index is 2.06. The number of rotatable bonds is 2. The van der Waals surface area contributed by atoms with Crippen molar-refractivity contribution < 1.29 is 13.2 Å². The van der Waals surface area contributed by atoms with E-state index in [1.54, 1.807) is 17.9 Å². The summed E-state index contributed by atoms with van der Waals surface area (Å²) in [4.78, 5) is 13.8. The summed E-state index contributed by atoms with van der Waals surface area (Å²) in [5.41, 5.74) is 7.41. The van der Waals surface area contributed by atoms with E-state index in [1.807, 2.05) is 25.1 Å². The smallest absolute Gasteiger partial charge is 0.322 e. The first-order valence-corrected chi connectivity index (χ1v) is 8.74. The third-order valence-corrected chi connectivity index (χ3v) is 5.39. The number of amides is 2. The Morgan fingerprint density at radius 3 is 2.81 bits per heavy atom. The molecule has 3 N–H and O–H groups in total. The zero-order valence-electron chi connectivity index (χ0n) is 12.2. The fourth-order valence-electron chi connectivity index (χ4n) is 2.40. The zero-order chi connectivity index (χ0) is 15.6. The van der Waals surface area contributed by atoms with Crippen LogP contribution >= 0.6 is 0 Å². The lowest BCUT2D eigenvalue weighted by Gasteiger charge is -2.33. The topological polar surface area (TPSA) is 92.5 Å². The highest BCUT2D eigenvalue weighted by Gasteiger charge is 2.31. The monoisotopic (exact) mass is 311 g/mol. The predicted molar refractivity (Wildman–Crippen MR) is 82.9 cm³/mol. The first-order valence-electron chi connectivity index (χ1n) is 6.92. The van der Waals surface area contributed by atoms with Crippen molar-refractivity contribution in [3.8, 4) is 0 Å². The molecule has 2 unspecified atom stereocenters. The number of sulfone groups is 1. The van der Waals surface area contributed by atoms with Crippen LogP contribution in [0.1, 0.15) is 25.5 Å². The van der Waals surface area contributed by atoms with Gasteiger partial charge in [-0.3, -0.25) is 0 Å². The van der Waals surface area contributed by atoms with Gasteiger partial charge in [0.1, 0.15) is 0 Å². The number of nitrogens with two attached hydrogens (primary N) is 1. The van der Waals surface area contributed by atoms with Crippen molar-refractivity contribution >= 4 is 21.6 Å². The van der Waals surface area contributed by atoms with Gasteiger partial charge in [-0.1, -0.05) is 12.1 Å². The van der Waals surface area contributed by atoms with Crippen molar-refractivity contribution in [3.05, 3.63) is 29.8 Å². The van der Waals surface area contributed by atoms with Crippen LogP contribution in [0.25, 0.3) is 0 Å². The van der Waals surface area contributed by atoms with Gasteiger partial charge >= 0.3 is 6.03 Å². The molecule has 0 radical (unpaired) electrons. The number of hydrogen-bond donors (Lipinski definition) is 2. The van der Waals surface area contributed by atoms with Crippen LogP contribution in [0.4, 0.5) is 10.5 Å². The maximum absolute atomic E-state index is 12.3. The van der Waals surface area contributed by atoms with Crippen LogP contribution in [0.15, 0.2) is 24.3 Å². The molecule has 0 aromatic heterocycles. The average molecular weight is 311 g/mol. The average Bonchev–Trinajstić information content (AvgIpc) is 2.37. The zero-order valence-corrected chi connectivity index (χ0v) is 13.1. The number of nitrogens with one attached hydrogen (secondary N) is 1. The molecular formula is C14H21N3O3S. The fourth-order valence-corrected chi connectivity index (χ4v) is 3.95. The molecular weight excluding hydrogens is 290 g/mol. The Morgan fingerprint density at radius 1 is 1.48 bits per heavy atom. The molecule has 7 heteroatoms. The Labute approximate surface area is 125 Å². The summed E-state index contributed by atoms with van der Waals surface area (Å²) in [5.74, 6) is 0.0327. The molecule has 2 amide bonds. The lowest BCUT2D eigenvalue weighted by molar-refractivity contribution is 0.199. The van der Waals surface area contributed by atoms with Crippen molar-refractivity contribution in [2.24, 2.45) is 5.73 Å². The minimum atomic E-state index is -3.03. The second-order valence-corrected chi connectivity index (χ2v) is 7.73. The van der Waals surface area contributed by atoms with Gasteiger partial charge in [-0.25, -0.2) is 13.2 Å². The highest BCUT2D eigenvalue weighted by atomic mass is 32.2. The van der Waals surface area contributed by atoms with Crippen molar-refractivity contribution in [2.45, 2.75) is 25.9 Å². The van der Waals surface area contributed by atoms with Crippen LogP contribution in [-0.2, 0) is 9.84 Å². The number of carbonyl (C=O) groups is 1. The van der Waals surface area contributed by atoms with Gasteiger partial charge in [0.15, 0.2) is 9.84 Å². The number of anilines is 1. The van der Waals surface area contributed by atoms with Crippen molar-refractivity contribution in [1.82, 2.24) is 4.90 Å². The fraction of sp³-hybridized carbons (Fsp3) is 0.500. The second-order valence-electron chi connectivity index (χ2n) is 5.50. The minimum absolute atomic E-state index is 0.0142. The molecule has 116 valence electrons. The van der Waals surface area contributed by atoms with E-state index in [0.29, 0.717) is 5.69 Å². The molecule has 1 aromatic rings. The highest BCUT2D eigenvalue weighted by Crippen LogP contribution is 2.18. The summed E-state index contributed by atoms with van der Waals surface area (Å²) < 4.78 is 23.1. The van der Waals surface area contributed by atoms with E-state index in [-0.39, 0.29) is 36.2 Å². The quantitative estimate of drug-likeness (QED) is 0.862. The number of benzene rings is 1. The van der Waals surface area contributed by atoms with Gasteiger partial charge in [-0.15, -0.1) is 0 Å². The normalized spacial score (nSPS) is 22.6. The first kappa shape index (κ1) is 15.8. The van der Waals surface area contributed by atoms with Gasteiger partial charge in [0.25, 0.3) is 0 Å². The Hall–Kier alpha value is -1.60. The molecule has 1 aromatic carbocycles. The van der Waals surface area contributed by atoms with E-state index in [9.17, 15) is 13.2 Å². The molecule has 0 bridgehead atoms. The number of hydrogen-bond acceptors (Lipinski definition) is 4. The summed E-state index contributed by atoms with van der Waals surface area (Å²) in [7, 11) is -3.03. The van der Waals surface area contributed by atoms with Crippen LogP contribution in [0.5, 0.6) is 0 Å². The molecule has 1 aliphatic rings. The Bertz CT molecular complexity index is 628.